The predicted octanol–water partition coefficient (Wildman–Crippen LogP) is 7.33. The van der Waals surface area contributed by atoms with Crippen molar-refractivity contribution >= 4 is 40.0 Å². The van der Waals surface area contributed by atoms with Gasteiger partial charge < -0.3 is 29.5 Å². The number of fused-ring (bicyclic) bond motifs is 1. The van der Waals surface area contributed by atoms with Gasteiger partial charge in [0.1, 0.15) is 30.2 Å². The number of carbonyl (C=O) groups is 2. The lowest BCUT2D eigenvalue weighted by Gasteiger charge is -2.42. The number of piperidine rings is 4. The minimum absolute atomic E-state index is 0.143. The molecular formula is C53H62N10O5. The summed E-state index contributed by atoms with van der Waals surface area (Å²) in [6, 6.07) is 21.2. The fraction of sp³-hybridized carbons (Fsp3) is 0.491. The first-order valence-electron chi connectivity index (χ1n) is 24.3. The van der Waals surface area contributed by atoms with Crippen molar-refractivity contribution in [2.75, 3.05) is 68.8 Å². The summed E-state index contributed by atoms with van der Waals surface area (Å²) >= 11 is 0. The van der Waals surface area contributed by atoms with Crippen LogP contribution in [0, 0.1) is 35.7 Å². The van der Waals surface area contributed by atoms with Crippen molar-refractivity contribution in [1.82, 2.24) is 29.3 Å². The van der Waals surface area contributed by atoms with Crippen molar-refractivity contribution < 1.29 is 19.1 Å². The molecular weight excluding hydrogens is 857 g/mol. The normalized spacial score (nSPS) is 19.2. The molecule has 6 heterocycles. The number of carbonyl (C=O) groups excluding carboxylic acids is 2. The van der Waals surface area contributed by atoms with Crippen LogP contribution in [0.3, 0.4) is 0 Å². The topological polar surface area (TPSA) is 155 Å². The number of nitrogens with one attached hydrogen (secondary N) is 1. The highest BCUT2D eigenvalue weighted by Gasteiger charge is 2.34. The first-order chi connectivity index (χ1) is 32.9. The minimum atomic E-state index is -0.678. The lowest BCUT2D eigenvalue weighted by molar-refractivity contribution is -0.133. The number of imidazole rings is 1. The van der Waals surface area contributed by atoms with Crippen LogP contribution in [0.1, 0.15) is 94.1 Å². The number of hydrogen-bond acceptors (Lipinski definition) is 11. The van der Waals surface area contributed by atoms with Crippen LogP contribution in [0.25, 0.3) is 15.9 Å². The molecule has 68 heavy (non-hydrogen) atoms. The molecule has 0 saturated carbocycles. The molecule has 1 N–H and O–H groups in total. The van der Waals surface area contributed by atoms with Gasteiger partial charge in [0.05, 0.1) is 41.9 Å². The Morgan fingerprint density at radius 2 is 1.56 bits per heavy atom. The molecule has 3 aromatic carbocycles. The zero-order chi connectivity index (χ0) is 47.5. The number of aryl methyl sites for hydroxylation is 1. The summed E-state index contributed by atoms with van der Waals surface area (Å²) in [6.45, 7) is 21.9. The quantitative estimate of drug-likeness (QED) is 0.0933. The third-order valence-corrected chi connectivity index (χ3v) is 15.2. The molecule has 354 valence electrons. The van der Waals surface area contributed by atoms with Gasteiger partial charge in [-0.2, -0.15) is 5.26 Å². The van der Waals surface area contributed by atoms with E-state index in [4.69, 9.17) is 21.0 Å². The number of nitrogens with zero attached hydrogens (tertiary/aromatic N) is 9. The second-order valence-electron chi connectivity index (χ2n) is 19.6. The Morgan fingerprint density at radius 3 is 2.24 bits per heavy atom. The molecule has 0 bridgehead atoms. The summed E-state index contributed by atoms with van der Waals surface area (Å²) < 4.78 is 15.0. The van der Waals surface area contributed by atoms with Crippen LogP contribution in [0.5, 0.6) is 11.5 Å². The van der Waals surface area contributed by atoms with Gasteiger partial charge in [-0.15, -0.1) is 0 Å². The smallest absolute Gasteiger partial charge is 0.329 e. The standard InChI is InChI=1S/C53H62N10O5/c1-6-67-50-38(31-54)27-40(28-44(50)55-4)53(2,3)39-7-10-43(11-8-39)68-34-41-13-20-56-51(58-41)62-23-14-35(15-24-62)33-60-21-16-36(17-22-60)37-18-25-61(26-19-37)42-9-12-45-46(29-42)59(5)52(66)63(45)47-32-57-49(65)30-48(47)64/h7-13,20,27-29,35-37,47H,6,14-19,21-26,30,32-34H2,1-3,5H3,(H,57,65). The van der Waals surface area contributed by atoms with Crippen molar-refractivity contribution in [1.29, 1.82) is 5.26 Å². The summed E-state index contributed by atoms with van der Waals surface area (Å²) in [5.74, 6) is 3.48. The minimum Gasteiger partial charge on any atom is -0.504 e. The van der Waals surface area contributed by atoms with Crippen molar-refractivity contribution in [3.63, 3.8) is 0 Å². The summed E-state index contributed by atoms with van der Waals surface area (Å²) in [6.07, 6.45) is 8.74. The van der Waals surface area contributed by atoms with Crippen molar-refractivity contribution in [2.45, 2.75) is 83.8 Å². The van der Waals surface area contributed by atoms with E-state index in [1.54, 1.807) is 16.2 Å². The van der Waals surface area contributed by atoms with Gasteiger partial charge in [-0.25, -0.2) is 19.6 Å². The maximum atomic E-state index is 13.3. The van der Waals surface area contributed by atoms with E-state index in [0.29, 0.717) is 36.1 Å². The van der Waals surface area contributed by atoms with Crippen molar-refractivity contribution in [3.05, 3.63) is 111 Å². The molecule has 4 aliphatic heterocycles. The van der Waals surface area contributed by atoms with Crippen LogP contribution in [0.15, 0.2) is 71.7 Å². The molecule has 4 fully saturated rings. The summed E-state index contributed by atoms with van der Waals surface area (Å²) in [5, 5.41) is 12.6. The fourth-order valence-electron chi connectivity index (χ4n) is 11.0. The molecule has 0 radical (unpaired) electrons. The largest absolute Gasteiger partial charge is 0.504 e. The van der Waals surface area contributed by atoms with E-state index < -0.39 is 11.5 Å². The lowest BCUT2D eigenvalue weighted by atomic mass is 9.77. The van der Waals surface area contributed by atoms with Crippen LogP contribution in [0.2, 0.25) is 0 Å². The van der Waals surface area contributed by atoms with Crippen LogP contribution >= 0.6 is 0 Å². The van der Waals surface area contributed by atoms with E-state index in [1.165, 1.54) is 38.8 Å². The van der Waals surface area contributed by atoms with Crippen molar-refractivity contribution in [2.24, 2.45) is 24.8 Å². The van der Waals surface area contributed by atoms with Gasteiger partial charge >= 0.3 is 5.69 Å². The number of anilines is 2. The number of amides is 1. The molecule has 2 aromatic heterocycles. The van der Waals surface area contributed by atoms with E-state index in [9.17, 15) is 19.6 Å². The van der Waals surface area contributed by atoms with Gasteiger partial charge in [-0.05, 0) is 136 Å². The van der Waals surface area contributed by atoms with Crippen LogP contribution in [0.4, 0.5) is 17.3 Å². The molecule has 1 amide bonds. The van der Waals surface area contributed by atoms with E-state index in [1.807, 2.05) is 61.7 Å². The van der Waals surface area contributed by atoms with E-state index >= 15 is 0 Å². The maximum Gasteiger partial charge on any atom is 0.329 e. The van der Waals surface area contributed by atoms with Crippen molar-refractivity contribution in [3.8, 4) is 17.6 Å². The fourth-order valence-corrected chi connectivity index (χ4v) is 11.0. The highest BCUT2D eigenvalue weighted by Crippen LogP contribution is 2.41. The van der Waals surface area contributed by atoms with Crippen LogP contribution in [-0.4, -0.2) is 94.7 Å². The molecule has 0 spiro atoms. The number of ether oxygens (including phenoxy) is 2. The molecule has 0 aliphatic carbocycles. The van der Waals surface area contributed by atoms with Gasteiger partial charge in [-0.3, -0.25) is 18.7 Å². The average molecular weight is 919 g/mol. The number of rotatable bonds is 13. The summed E-state index contributed by atoms with van der Waals surface area (Å²) in [4.78, 5) is 58.4. The molecule has 4 saturated heterocycles. The number of ketones is 1. The Kier molecular flexibility index (Phi) is 13.6. The first kappa shape index (κ1) is 46.4. The molecule has 5 aromatic rings. The van der Waals surface area contributed by atoms with Gasteiger partial charge in [0.25, 0.3) is 0 Å². The molecule has 1 atom stereocenters. The number of nitriles is 1. The molecule has 4 aliphatic rings. The summed E-state index contributed by atoms with van der Waals surface area (Å²) in [5.41, 5.74) is 5.38. The highest BCUT2D eigenvalue weighted by molar-refractivity contribution is 6.03. The lowest BCUT2D eigenvalue weighted by Crippen LogP contribution is -2.45. The molecule has 15 heteroatoms. The summed E-state index contributed by atoms with van der Waals surface area (Å²) in [7, 11) is 1.76. The number of benzene rings is 3. The second-order valence-corrected chi connectivity index (χ2v) is 19.6. The SMILES string of the molecule is [C-]#[N+]c1cc(C(C)(C)c2ccc(OCc3ccnc(N4CCC(CN5CCC(C6CCN(c7ccc8c(c7)n(C)c(=O)n8C7CNC(=O)CC7=O)CC6)CC5)CC4)n3)cc2)cc(C#N)c1OCC. The number of hydrogen-bond donors (Lipinski definition) is 1. The Morgan fingerprint density at radius 1 is 0.853 bits per heavy atom. The van der Waals surface area contributed by atoms with Crippen LogP contribution in [-0.2, 0) is 28.7 Å². The van der Waals surface area contributed by atoms with E-state index in [0.717, 1.165) is 103 Å². The molecule has 9 rings (SSSR count). The Hall–Kier alpha value is -6.71. The Bertz CT molecular complexity index is 2760. The molecule has 15 nitrogen and oxygen atoms in total. The Balaban J connectivity index is 0.710. The highest BCUT2D eigenvalue weighted by atomic mass is 16.5. The van der Waals surface area contributed by atoms with Gasteiger partial charge in [-0.1, -0.05) is 26.0 Å². The first-order valence-corrected chi connectivity index (χ1v) is 24.3. The van der Waals surface area contributed by atoms with Gasteiger partial charge in [0.2, 0.25) is 17.5 Å². The predicted molar refractivity (Wildman–Crippen MR) is 261 cm³/mol. The number of likely N-dealkylation sites (tertiary alicyclic amines) is 1. The maximum absolute atomic E-state index is 13.3. The third-order valence-electron chi connectivity index (χ3n) is 15.2. The number of Topliss-reactive ketones (excluding diaryl/α,β-unsaturated/α-hetero) is 1. The van der Waals surface area contributed by atoms with E-state index in [-0.39, 0.29) is 30.3 Å². The average Bonchev–Trinajstić information content (AvgIpc) is 3.61. The third kappa shape index (κ3) is 9.54. The van der Waals surface area contributed by atoms with E-state index in [2.05, 4.69) is 61.9 Å². The second kappa shape index (κ2) is 19.9. The van der Waals surface area contributed by atoms with Crippen LogP contribution < -0.4 is 30.3 Å². The zero-order valence-electron chi connectivity index (χ0n) is 39.7. The zero-order valence-corrected chi connectivity index (χ0v) is 39.7. The van der Waals surface area contributed by atoms with Gasteiger partial charge in [0.15, 0.2) is 5.78 Å². The molecule has 1 unspecified atom stereocenters. The monoisotopic (exact) mass is 918 g/mol. The Labute approximate surface area is 398 Å². The van der Waals surface area contributed by atoms with Gasteiger partial charge in [0, 0.05) is 63.6 Å². The number of aromatic nitrogens is 4.